The Bertz CT molecular complexity index is 1700. The first-order chi connectivity index (χ1) is 18.4. The molecule has 3 aromatic rings. The van der Waals surface area contributed by atoms with Crippen molar-refractivity contribution in [2.75, 3.05) is 16.9 Å². The standard InChI is InChI=1S/C24H24ClFN4O8S2/c1-24(2,3)38-22(32)27-17-12-40(35,36)19-10-16(26)15(20-28-29-23(37-20)39(4,33)34)9-18(19)30(21(17)31)11-13-5-7-14(25)8-6-13/h5-10,17H,11-12H2,1-4H3,(H,27,32)/t17-/m0/s1. The third-order valence-corrected chi connectivity index (χ3v) is 8.34. The molecule has 1 N–H and O–H groups in total. The Balaban J connectivity index is 1.86. The van der Waals surface area contributed by atoms with E-state index < -0.39 is 76.5 Å². The fraction of sp³-hybridized carbons (Fsp3) is 0.333. The number of benzene rings is 2. The van der Waals surface area contributed by atoms with E-state index in [1.807, 2.05) is 0 Å². The van der Waals surface area contributed by atoms with E-state index in [0.29, 0.717) is 16.7 Å². The number of halogens is 2. The zero-order valence-corrected chi connectivity index (χ0v) is 24.0. The Morgan fingerprint density at radius 1 is 1.23 bits per heavy atom. The third kappa shape index (κ3) is 6.42. The van der Waals surface area contributed by atoms with Crippen LogP contribution in [0.4, 0.5) is 14.9 Å². The fourth-order valence-electron chi connectivity index (χ4n) is 3.81. The van der Waals surface area contributed by atoms with Gasteiger partial charge in [-0.25, -0.2) is 26.0 Å². The lowest BCUT2D eigenvalue weighted by Crippen LogP contribution is -2.51. The number of hydrogen-bond donors (Lipinski definition) is 1. The number of nitrogens with zero attached hydrogens (tertiary/aromatic N) is 3. The largest absolute Gasteiger partial charge is 0.444 e. The molecule has 0 bridgehead atoms. The van der Waals surface area contributed by atoms with E-state index in [0.717, 1.165) is 17.2 Å². The second-order valence-corrected chi connectivity index (χ2v) is 14.3. The van der Waals surface area contributed by atoms with Crippen molar-refractivity contribution in [2.45, 2.75) is 49.1 Å². The molecule has 2 aromatic carbocycles. The molecular weight excluding hydrogens is 591 g/mol. The van der Waals surface area contributed by atoms with Gasteiger partial charge in [-0.3, -0.25) is 4.79 Å². The number of carbonyl (C=O) groups excluding carboxylic acids is 2. The van der Waals surface area contributed by atoms with E-state index in [9.17, 15) is 26.4 Å². The second kappa shape index (κ2) is 10.4. The summed E-state index contributed by atoms with van der Waals surface area (Å²) >= 11 is 5.97. The molecule has 214 valence electrons. The van der Waals surface area contributed by atoms with Gasteiger partial charge in [-0.1, -0.05) is 28.8 Å². The molecule has 2 amide bonds. The van der Waals surface area contributed by atoms with Crippen LogP contribution >= 0.6 is 11.6 Å². The Labute approximate surface area is 234 Å². The summed E-state index contributed by atoms with van der Waals surface area (Å²) in [5, 5.41) is 8.92. The number of fused-ring (bicyclic) bond motifs is 1. The lowest BCUT2D eigenvalue weighted by molar-refractivity contribution is -0.120. The van der Waals surface area contributed by atoms with Crippen LogP contribution in [-0.4, -0.2) is 62.7 Å². The molecule has 0 saturated carbocycles. The van der Waals surface area contributed by atoms with Crippen LogP contribution in [0.2, 0.25) is 5.02 Å². The lowest BCUT2D eigenvalue weighted by Gasteiger charge is -2.27. The summed E-state index contributed by atoms with van der Waals surface area (Å²) < 4.78 is 76.0. The summed E-state index contributed by atoms with van der Waals surface area (Å²) in [4.78, 5) is 26.8. The molecular formula is C24H24ClFN4O8S2. The van der Waals surface area contributed by atoms with E-state index in [1.54, 1.807) is 45.0 Å². The van der Waals surface area contributed by atoms with Crippen molar-refractivity contribution in [2.24, 2.45) is 0 Å². The predicted octanol–water partition coefficient (Wildman–Crippen LogP) is 3.15. The molecule has 0 saturated heterocycles. The number of rotatable bonds is 5. The predicted molar refractivity (Wildman–Crippen MR) is 141 cm³/mol. The van der Waals surface area contributed by atoms with Crippen molar-refractivity contribution in [1.82, 2.24) is 15.5 Å². The zero-order chi connectivity index (χ0) is 29.6. The van der Waals surface area contributed by atoms with Crippen LogP contribution in [0.3, 0.4) is 0 Å². The Kier molecular flexibility index (Phi) is 7.68. The molecule has 1 aliphatic heterocycles. The van der Waals surface area contributed by atoms with Crippen LogP contribution < -0.4 is 10.2 Å². The van der Waals surface area contributed by atoms with Gasteiger partial charge in [0, 0.05) is 11.3 Å². The van der Waals surface area contributed by atoms with E-state index in [2.05, 4.69) is 15.5 Å². The minimum absolute atomic E-state index is 0.200. The van der Waals surface area contributed by atoms with Crippen molar-refractivity contribution < 1.29 is 40.0 Å². The van der Waals surface area contributed by atoms with Gasteiger partial charge >= 0.3 is 11.3 Å². The molecule has 16 heteroatoms. The number of amides is 2. The number of sulfone groups is 2. The summed E-state index contributed by atoms with van der Waals surface area (Å²) in [6.07, 6.45) is -0.210. The maximum Gasteiger partial charge on any atom is 0.408 e. The fourth-order valence-corrected chi connectivity index (χ4v) is 5.97. The number of ether oxygens (including phenoxy) is 1. The molecule has 0 radical (unpaired) electrons. The monoisotopic (exact) mass is 614 g/mol. The SMILES string of the molecule is CC(C)(C)OC(=O)N[C@H]1CS(=O)(=O)c2cc(F)c(-c3nnc(S(C)(=O)=O)o3)cc2N(Cc2ccc(Cl)cc2)C1=O. The quantitative estimate of drug-likeness (QED) is 0.451. The van der Waals surface area contributed by atoms with Crippen LogP contribution in [0, 0.1) is 5.82 Å². The number of alkyl carbamates (subject to hydrolysis) is 1. The molecule has 0 unspecified atom stereocenters. The summed E-state index contributed by atoms with van der Waals surface area (Å²) in [6, 6.07) is 6.43. The molecule has 4 rings (SSSR count). The van der Waals surface area contributed by atoms with E-state index in [-0.39, 0.29) is 12.2 Å². The first-order valence-electron chi connectivity index (χ1n) is 11.6. The van der Waals surface area contributed by atoms with Crippen molar-refractivity contribution >= 4 is 49.0 Å². The Hall–Kier alpha value is -3.56. The topological polar surface area (TPSA) is 166 Å². The minimum atomic E-state index is -4.38. The summed E-state index contributed by atoms with van der Waals surface area (Å²) in [7, 11) is -8.30. The highest BCUT2D eigenvalue weighted by Gasteiger charge is 2.40. The van der Waals surface area contributed by atoms with Gasteiger partial charge < -0.3 is 19.4 Å². The molecule has 1 aromatic heterocycles. The molecule has 0 spiro atoms. The highest BCUT2D eigenvalue weighted by Crippen LogP contribution is 2.37. The molecule has 2 heterocycles. The smallest absolute Gasteiger partial charge is 0.408 e. The first-order valence-corrected chi connectivity index (χ1v) is 15.5. The molecule has 0 aliphatic carbocycles. The molecule has 0 fully saturated rings. The van der Waals surface area contributed by atoms with Crippen molar-refractivity contribution in [3.05, 3.63) is 52.8 Å². The molecule has 40 heavy (non-hydrogen) atoms. The number of nitrogens with one attached hydrogen (secondary N) is 1. The van der Waals surface area contributed by atoms with Gasteiger partial charge in [-0.2, -0.15) is 0 Å². The van der Waals surface area contributed by atoms with Crippen LogP contribution in [0.5, 0.6) is 0 Å². The molecule has 12 nitrogen and oxygen atoms in total. The molecule has 1 aliphatic rings. The maximum atomic E-state index is 15.3. The van der Waals surface area contributed by atoms with E-state index in [1.165, 1.54) is 0 Å². The van der Waals surface area contributed by atoms with Crippen molar-refractivity contribution in [3.8, 4) is 11.5 Å². The second-order valence-electron chi connectivity index (χ2n) is 9.98. The van der Waals surface area contributed by atoms with Crippen LogP contribution in [0.15, 0.2) is 50.9 Å². The summed E-state index contributed by atoms with van der Waals surface area (Å²) in [5.41, 5.74) is -1.09. The summed E-state index contributed by atoms with van der Waals surface area (Å²) in [6.45, 7) is 4.59. The maximum absolute atomic E-state index is 15.3. The lowest BCUT2D eigenvalue weighted by atomic mass is 10.1. The Morgan fingerprint density at radius 2 is 1.88 bits per heavy atom. The van der Waals surface area contributed by atoms with Crippen LogP contribution in [0.25, 0.3) is 11.5 Å². The normalized spacial score (nSPS) is 17.2. The van der Waals surface area contributed by atoms with Gasteiger partial charge in [-0.05, 0) is 50.6 Å². The van der Waals surface area contributed by atoms with Crippen molar-refractivity contribution in [3.63, 3.8) is 0 Å². The minimum Gasteiger partial charge on any atom is -0.444 e. The summed E-state index contributed by atoms with van der Waals surface area (Å²) in [5.74, 6) is -3.39. The van der Waals surface area contributed by atoms with Gasteiger partial charge in [0.2, 0.25) is 9.84 Å². The third-order valence-electron chi connectivity index (χ3n) is 5.52. The number of carbonyl (C=O) groups is 2. The average Bonchev–Trinajstić information content (AvgIpc) is 3.30. The van der Waals surface area contributed by atoms with Gasteiger partial charge in [0.25, 0.3) is 11.8 Å². The average molecular weight is 615 g/mol. The van der Waals surface area contributed by atoms with Crippen LogP contribution in [0.1, 0.15) is 26.3 Å². The van der Waals surface area contributed by atoms with Gasteiger partial charge in [0.15, 0.2) is 9.84 Å². The number of anilines is 1. The Morgan fingerprint density at radius 3 is 2.45 bits per heavy atom. The van der Waals surface area contributed by atoms with Crippen molar-refractivity contribution in [1.29, 1.82) is 0 Å². The highest BCUT2D eigenvalue weighted by atomic mass is 35.5. The molecule has 1 atom stereocenters. The van der Waals surface area contributed by atoms with Gasteiger partial charge in [0.1, 0.15) is 17.5 Å². The van der Waals surface area contributed by atoms with E-state index in [4.69, 9.17) is 20.8 Å². The number of aromatic nitrogens is 2. The zero-order valence-electron chi connectivity index (χ0n) is 21.6. The number of hydrogen-bond acceptors (Lipinski definition) is 10. The van der Waals surface area contributed by atoms with Gasteiger partial charge in [0.05, 0.1) is 28.4 Å². The van der Waals surface area contributed by atoms with Crippen LogP contribution in [-0.2, 0) is 35.8 Å². The first kappa shape index (κ1) is 29.4. The highest BCUT2D eigenvalue weighted by molar-refractivity contribution is 7.91. The van der Waals surface area contributed by atoms with Gasteiger partial charge in [-0.15, -0.1) is 5.10 Å². The van der Waals surface area contributed by atoms with E-state index >= 15 is 4.39 Å².